The van der Waals surface area contributed by atoms with Gasteiger partial charge in [-0.15, -0.1) is 0 Å². The molecule has 3 rings (SSSR count). The molecule has 0 saturated carbocycles. The Hall–Kier alpha value is -2.13. The Morgan fingerprint density at radius 1 is 1.26 bits per heavy atom. The first-order valence-electron chi connectivity index (χ1n) is 9.54. The van der Waals surface area contributed by atoms with Crippen LogP contribution in [0.15, 0.2) is 46.3 Å². The number of hydrogen-bond donors (Lipinski definition) is 1. The van der Waals surface area contributed by atoms with Crippen molar-refractivity contribution in [2.24, 2.45) is 0 Å². The molecule has 0 unspecified atom stereocenters. The molecule has 3 aromatic rings. The smallest absolute Gasteiger partial charge is 0.262 e. The van der Waals surface area contributed by atoms with Gasteiger partial charge in [-0.1, -0.05) is 35.0 Å². The number of ether oxygens (including phenoxy) is 1. The number of fused-ring (bicyclic) bond motifs is 1. The van der Waals surface area contributed by atoms with Crippen molar-refractivity contribution in [1.82, 2.24) is 9.55 Å². The summed E-state index contributed by atoms with van der Waals surface area (Å²) in [5.41, 5.74) is 0.641. The molecule has 6 nitrogen and oxygen atoms in total. The van der Waals surface area contributed by atoms with Gasteiger partial charge in [0, 0.05) is 30.5 Å². The van der Waals surface area contributed by atoms with Gasteiger partial charge in [0.15, 0.2) is 5.16 Å². The molecule has 0 aliphatic heterocycles. The third-order valence-electron chi connectivity index (χ3n) is 4.29. The Labute approximate surface area is 192 Å². The lowest BCUT2D eigenvalue weighted by Crippen LogP contribution is -2.25. The molecular weight excluding hydrogens is 464 g/mol. The van der Waals surface area contributed by atoms with Gasteiger partial charge in [-0.05, 0) is 49.7 Å². The number of amides is 1. The maximum Gasteiger partial charge on any atom is 0.262 e. The fourth-order valence-electron chi connectivity index (χ4n) is 2.85. The number of aromatic nitrogens is 2. The molecule has 0 spiro atoms. The van der Waals surface area contributed by atoms with Crippen LogP contribution in [-0.2, 0) is 16.1 Å². The number of halogens is 3. The van der Waals surface area contributed by atoms with Crippen LogP contribution in [0.3, 0.4) is 0 Å². The first-order chi connectivity index (χ1) is 14.9. The quantitative estimate of drug-likeness (QED) is 0.263. The van der Waals surface area contributed by atoms with Crippen LogP contribution in [-0.4, -0.2) is 34.4 Å². The van der Waals surface area contributed by atoms with E-state index in [0.717, 1.165) is 11.8 Å². The lowest BCUT2D eigenvalue weighted by Gasteiger charge is -2.13. The number of carbonyl (C=O) groups is 1. The highest BCUT2D eigenvalue weighted by Crippen LogP contribution is 2.22. The highest BCUT2D eigenvalue weighted by Gasteiger charge is 2.14. The summed E-state index contributed by atoms with van der Waals surface area (Å²) < 4.78 is 20.2. The van der Waals surface area contributed by atoms with Crippen LogP contribution in [0.25, 0.3) is 10.9 Å². The summed E-state index contributed by atoms with van der Waals surface area (Å²) in [6.45, 7) is 3.42. The minimum absolute atomic E-state index is 0.00102. The van der Waals surface area contributed by atoms with E-state index < -0.39 is 5.82 Å². The highest BCUT2D eigenvalue weighted by molar-refractivity contribution is 7.99. The molecule has 1 N–H and O–H groups in total. The standard InChI is InChI=1S/C21H20Cl2FN3O3S/c1-2-30-9-3-8-27-20(29)15-6-4-13(22)10-18(15)26-21(27)31-12-19(28)25-14-5-7-17(24)16(23)11-14/h4-7,10-11H,2-3,8-9,12H2,1H3,(H,25,28). The Balaban J connectivity index is 1.80. The molecule has 0 bridgehead atoms. The molecule has 10 heteroatoms. The van der Waals surface area contributed by atoms with E-state index in [4.69, 9.17) is 27.9 Å². The van der Waals surface area contributed by atoms with E-state index in [0.29, 0.717) is 52.9 Å². The zero-order valence-corrected chi connectivity index (χ0v) is 19.0. The lowest BCUT2D eigenvalue weighted by molar-refractivity contribution is -0.113. The van der Waals surface area contributed by atoms with Gasteiger partial charge in [0.1, 0.15) is 5.82 Å². The summed E-state index contributed by atoms with van der Waals surface area (Å²) in [6, 6.07) is 8.84. The summed E-state index contributed by atoms with van der Waals surface area (Å²) >= 11 is 12.9. The molecule has 1 amide bonds. The van der Waals surface area contributed by atoms with Gasteiger partial charge in [0.2, 0.25) is 5.91 Å². The van der Waals surface area contributed by atoms with Crippen molar-refractivity contribution in [3.8, 4) is 0 Å². The molecule has 0 saturated heterocycles. The van der Waals surface area contributed by atoms with Gasteiger partial charge in [-0.3, -0.25) is 14.2 Å². The van der Waals surface area contributed by atoms with E-state index in [1.165, 1.54) is 18.2 Å². The number of anilines is 1. The third kappa shape index (κ3) is 6.20. The van der Waals surface area contributed by atoms with E-state index in [-0.39, 0.29) is 22.2 Å². The van der Waals surface area contributed by atoms with E-state index in [9.17, 15) is 14.0 Å². The summed E-state index contributed by atoms with van der Waals surface area (Å²) in [5, 5.41) is 3.90. The van der Waals surface area contributed by atoms with Crippen molar-refractivity contribution in [2.75, 3.05) is 24.3 Å². The van der Waals surface area contributed by atoms with Gasteiger partial charge >= 0.3 is 0 Å². The average molecular weight is 484 g/mol. The number of thioether (sulfide) groups is 1. The first-order valence-corrected chi connectivity index (χ1v) is 11.3. The fraction of sp³-hybridized carbons (Fsp3) is 0.286. The number of carbonyl (C=O) groups excluding carboxylic acids is 1. The minimum Gasteiger partial charge on any atom is -0.382 e. The van der Waals surface area contributed by atoms with Crippen LogP contribution in [0.5, 0.6) is 0 Å². The fourth-order valence-corrected chi connectivity index (χ4v) is 4.02. The van der Waals surface area contributed by atoms with Crippen LogP contribution < -0.4 is 10.9 Å². The second-order valence-electron chi connectivity index (χ2n) is 6.53. The minimum atomic E-state index is -0.566. The number of benzene rings is 2. The Bertz CT molecular complexity index is 1160. The molecule has 0 fully saturated rings. The van der Waals surface area contributed by atoms with Crippen LogP contribution in [0, 0.1) is 5.82 Å². The van der Waals surface area contributed by atoms with Gasteiger partial charge in [-0.2, -0.15) is 0 Å². The Kier molecular flexibility index (Phi) is 8.31. The average Bonchev–Trinajstić information content (AvgIpc) is 2.73. The second-order valence-corrected chi connectivity index (χ2v) is 8.31. The van der Waals surface area contributed by atoms with E-state index in [1.54, 1.807) is 22.8 Å². The van der Waals surface area contributed by atoms with E-state index in [1.807, 2.05) is 6.92 Å². The topological polar surface area (TPSA) is 73.2 Å². The third-order valence-corrected chi connectivity index (χ3v) is 5.79. The van der Waals surface area contributed by atoms with E-state index >= 15 is 0 Å². The molecule has 31 heavy (non-hydrogen) atoms. The van der Waals surface area contributed by atoms with Crippen LogP contribution >= 0.6 is 35.0 Å². The van der Waals surface area contributed by atoms with Crippen molar-refractivity contribution >= 4 is 57.5 Å². The first kappa shape index (κ1) is 23.5. The number of hydrogen-bond acceptors (Lipinski definition) is 5. The van der Waals surface area contributed by atoms with Crippen molar-refractivity contribution in [3.05, 3.63) is 62.6 Å². The molecular formula is C21H20Cl2FN3O3S. The molecule has 0 radical (unpaired) electrons. The predicted octanol–water partition coefficient (Wildman–Crippen LogP) is 5.00. The second kappa shape index (κ2) is 10.9. The summed E-state index contributed by atoms with van der Waals surface area (Å²) in [7, 11) is 0. The predicted molar refractivity (Wildman–Crippen MR) is 123 cm³/mol. The Morgan fingerprint density at radius 2 is 2.06 bits per heavy atom. The maximum atomic E-state index is 13.3. The number of nitrogens with zero attached hydrogens (tertiary/aromatic N) is 2. The van der Waals surface area contributed by atoms with Crippen LogP contribution in [0.1, 0.15) is 13.3 Å². The molecule has 0 atom stereocenters. The molecule has 1 heterocycles. The van der Waals surface area contributed by atoms with E-state index in [2.05, 4.69) is 10.3 Å². The van der Waals surface area contributed by atoms with Gasteiger partial charge < -0.3 is 10.1 Å². The molecule has 0 aliphatic rings. The molecule has 0 aliphatic carbocycles. The van der Waals surface area contributed by atoms with Gasteiger partial charge in [0.05, 0.1) is 21.7 Å². The summed E-state index contributed by atoms with van der Waals surface area (Å²) in [6.07, 6.45) is 0.627. The highest BCUT2D eigenvalue weighted by atomic mass is 35.5. The Morgan fingerprint density at radius 3 is 2.81 bits per heavy atom. The largest absolute Gasteiger partial charge is 0.382 e. The van der Waals surface area contributed by atoms with Crippen molar-refractivity contribution < 1.29 is 13.9 Å². The monoisotopic (exact) mass is 483 g/mol. The SMILES string of the molecule is CCOCCCn1c(SCC(=O)Nc2ccc(F)c(Cl)c2)nc2cc(Cl)ccc2c1=O. The van der Waals surface area contributed by atoms with Crippen molar-refractivity contribution in [2.45, 2.75) is 25.0 Å². The molecule has 2 aromatic carbocycles. The maximum absolute atomic E-state index is 13.3. The zero-order valence-electron chi connectivity index (χ0n) is 16.7. The van der Waals surface area contributed by atoms with Gasteiger partial charge in [-0.25, -0.2) is 9.37 Å². The summed E-state index contributed by atoms with van der Waals surface area (Å²) in [4.78, 5) is 29.9. The molecule has 1 aromatic heterocycles. The number of rotatable bonds is 9. The van der Waals surface area contributed by atoms with Crippen molar-refractivity contribution in [1.29, 1.82) is 0 Å². The van der Waals surface area contributed by atoms with Crippen LogP contribution in [0.2, 0.25) is 10.0 Å². The summed E-state index contributed by atoms with van der Waals surface area (Å²) in [5.74, 6) is -0.906. The van der Waals surface area contributed by atoms with Gasteiger partial charge in [0.25, 0.3) is 5.56 Å². The number of nitrogens with one attached hydrogen (secondary N) is 1. The lowest BCUT2D eigenvalue weighted by atomic mass is 10.2. The van der Waals surface area contributed by atoms with Crippen LogP contribution in [0.4, 0.5) is 10.1 Å². The van der Waals surface area contributed by atoms with Crippen molar-refractivity contribution in [3.63, 3.8) is 0 Å². The molecule has 164 valence electrons. The zero-order chi connectivity index (χ0) is 22.4. The normalized spacial score (nSPS) is 11.1.